The number of amides is 2. The van der Waals surface area contributed by atoms with E-state index < -0.39 is 29.4 Å². The summed E-state index contributed by atoms with van der Waals surface area (Å²) in [4.78, 5) is 29.1. The maximum Gasteiger partial charge on any atom is 0.416 e. The van der Waals surface area contributed by atoms with E-state index in [1.54, 1.807) is 18.2 Å². The molecule has 4 aromatic rings. The molecule has 0 saturated carbocycles. The van der Waals surface area contributed by atoms with E-state index in [1.165, 1.54) is 36.5 Å². The standard InChI is InChI=1S/C24H17F4N3O2S/c25-19-12-29-13-21-17(19)9-20(34-21)23(33)30-10-14-4-3-6-15(8-14)22(32)31-11-16-5-1-2-7-18(16)24(26,27)28/h1-9,12-13H,10-11H2,(H,30,33)(H,31,32). The number of nitrogens with zero attached hydrogens (tertiary/aromatic N) is 1. The van der Waals surface area contributed by atoms with E-state index in [-0.39, 0.29) is 24.2 Å². The molecule has 0 saturated heterocycles. The molecule has 2 heterocycles. The van der Waals surface area contributed by atoms with Crippen molar-refractivity contribution in [3.05, 3.63) is 99.9 Å². The Morgan fingerprint density at radius 1 is 0.912 bits per heavy atom. The lowest BCUT2D eigenvalue weighted by Crippen LogP contribution is -2.25. The topological polar surface area (TPSA) is 71.1 Å². The number of halogens is 4. The van der Waals surface area contributed by atoms with Crippen LogP contribution in [0.3, 0.4) is 0 Å². The van der Waals surface area contributed by atoms with Crippen LogP contribution in [-0.2, 0) is 19.3 Å². The second-order valence-corrected chi connectivity index (χ2v) is 8.45. The Bertz CT molecular complexity index is 1370. The quantitative estimate of drug-likeness (QED) is 0.362. The van der Waals surface area contributed by atoms with Crippen LogP contribution >= 0.6 is 11.3 Å². The zero-order chi connectivity index (χ0) is 24.3. The van der Waals surface area contributed by atoms with E-state index in [2.05, 4.69) is 15.6 Å². The lowest BCUT2D eigenvalue weighted by molar-refractivity contribution is -0.138. The van der Waals surface area contributed by atoms with Crippen molar-refractivity contribution in [2.24, 2.45) is 0 Å². The van der Waals surface area contributed by atoms with Crippen molar-refractivity contribution in [3.63, 3.8) is 0 Å². The molecule has 2 aromatic carbocycles. The highest BCUT2D eigenvalue weighted by Gasteiger charge is 2.32. The molecule has 0 aliphatic rings. The molecule has 0 fully saturated rings. The molecule has 2 amide bonds. The fraction of sp³-hybridized carbons (Fsp3) is 0.125. The van der Waals surface area contributed by atoms with Crippen molar-refractivity contribution in [3.8, 4) is 0 Å². The van der Waals surface area contributed by atoms with Crippen LogP contribution in [0.4, 0.5) is 17.6 Å². The number of carbonyl (C=O) groups excluding carboxylic acids is 2. The molecule has 0 aliphatic heterocycles. The molecule has 10 heteroatoms. The Morgan fingerprint density at radius 2 is 1.68 bits per heavy atom. The van der Waals surface area contributed by atoms with Crippen molar-refractivity contribution in [2.45, 2.75) is 19.3 Å². The van der Waals surface area contributed by atoms with Gasteiger partial charge in [-0.25, -0.2) is 4.39 Å². The first-order chi connectivity index (χ1) is 16.2. The molecule has 0 atom stereocenters. The van der Waals surface area contributed by atoms with Gasteiger partial charge in [-0.1, -0.05) is 30.3 Å². The van der Waals surface area contributed by atoms with Gasteiger partial charge in [0, 0.05) is 30.2 Å². The van der Waals surface area contributed by atoms with Gasteiger partial charge in [-0.2, -0.15) is 13.2 Å². The van der Waals surface area contributed by atoms with Gasteiger partial charge in [-0.05, 0) is 35.4 Å². The Kier molecular flexibility index (Phi) is 6.60. The maximum absolute atomic E-state index is 13.8. The highest BCUT2D eigenvalue weighted by molar-refractivity contribution is 7.20. The molecule has 4 rings (SSSR count). The van der Waals surface area contributed by atoms with Gasteiger partial charge in [0.2, 0.25) is 0 Å². The van der Waals surface area contributed by atoms with E-state index in [9.17, 15) is 27.2 Å². The van der Waals surface area contributed by atoms with Crippen LogP contribution in [0.1, 0.15) is 36.7 Å². The summed E-state index contributed by atoms with van der Waals surface area (Å²) in [5.74, 6) is -1.46. The van der Waals surface area contributed by atoms with Gasteiger partial charge < -0.3 is 10.6 Å². The number of pyridine rings is 1. The molecular weight excluding hydrogens is 470 g/mol. The molecule has 0 unspecified atom stereocenters. The van der Waals surface area contributed by atoms with Crippen molar-refractivity contribution in [1.29, 1.82) is 0 Å². The SMILES string of the molecule is O=C(NCc1ccccc1C(F)(F)F)c1cccc(CNC(=O)c2cc3c(F)cncc3s2)c1. The summed E-state index contributed by atoms with van der Waals surface area (Å²) < 4.78 is 53.8. The number of thiophene rings is 1. The zero-order valence-electron chi connectivity index (χ0n) is 17.4. The van der Waals surface area contributed by atoms with Crippen LogP contribution in [0.15, 0.2) is 67.0 Å². The minimum absolute atomic E-state index is 0.0401. The maximum atomic E-state index is 13.8. The molecule has 0 aliphatic carbocycles. The van der Waals surface area contributed by atoms with Crippen molar-refractivity contribution in [2.75, 3.05) is 0 Å². The van der Waals surface area contributed by atoms with Crippen molar-refractivity contribution >= 4 is 33.2 Å². The Hall–Kier alpha value is -3.79. The first kappa shape index (κ1) is 23.4. The number of carbonyl (C=O) groups is 2. The van der Waals surface area contributed by atoms with Crippen LogP contribution in [-0.4, -0.2) is 16.8 Å². The Morgan fingerprint density at radius 3 is 2.44 bits per heavy atom. The Balaban J connectivity index is 1.39. The van der Waals surface area contributed by atoms with Gasteiger partial charge in [0.25, 0.3) is 11.8 Å². The number of fused-ring (bicyclic) bond motifs is 1. The third-order valence-corrected chi connectivity index (χ3v) is 6.09. The van der Waals surface area contributed by atoms with E-state index in [1.807, 2.05) is 0 Å². The van der Waals surface area contributed by atoms with Gasteiger partial charge in [-0.15, -0.1) is 11.3 Å². The number of aromatic nitrogens is 1. The highest BCUT2D eigenvalue weighted by Crippen LogP contribution is 2.31. The molecule has 0 bridgehead atoms. The predicted molar refractivity (Wildman–Crippen MR) is 120 cm³/mol. The fourth-order valence-electron chi connectivity index (χ4n) is 3.36. The monoisotopic (exact) mass is 487 g/mol. The molecule has 0 radical (unpaired) electrons. The summed E-state index contributed by atoms with van der Waals surface area (Å²) in [6.07, 6.45) is -1.96. The smallest absolute Gasteiger partial charge is 0.348 e. The van der Waals surface area contributed by atoms with Gasteiger partial charge in [0.1, 0.15) is 5.82 Å². The fourth-order valence-corrected chi connectivity index (χ4v) is 4.32. The van der Waals surface area contributed by atoms with Crippen LogP contribution in [0.2, 0.25) is 0 Å². The normalized spacial score (nSPS) is 11.4. The number of hydrogen-bond acceptors (Lipinski definition) is 4. The lowest BCUT2D eigenvalue weighted by Gasteiger charge is -2.13. The third-order valence-electron chi connectivity index (χ3n) is 5.03. The van der Waals surface area contributed by atoms with Gasteiger partial charge >= 0.3 is 6.18 Å². The molecule has 2 N–H and O–H groups in total. The second-order valence-electron chi connectivity index (χ2n) is 7.36. The lowest BCUT2D eigenvalue weighted by atomic mass is 10.1. The summed E-state index contributed by atoms with van der Waals surface area (Å²) in [6, 6.07) is 12.9. The third kappa shape index (κ3) is 5.23. The summed E-state index contributed by atoms with van der Waals surface area (Å²) in [6.45, 7) is -0.182. The van der Waals surface area contributed by atoms with Crippen LogP contribution in [0.25, 0.3) is 10.1 Å². The average Bonchev–Trinajstić information content (AvgIpc) is 3.27. The molecule has 174 valence electrons. The molecular formula is C24H17F4N3O2S. The van der Waals surface area contributed by atoms with Crippen molar-refractivity contribution in [1.82, 2.24) is 15.6 Å². The van der Waals surface area contributed by atoms with Gasteiger partial charge in [0.05, 0.1) is 21.3 Å². The number of nitrogens with one attached hydrogen (secondary N) is 2. The van der Waals surface area contributed by atoms with Gasteiger partial charge in [-0.3, -0.25) is 14.6 Å². The predicted octanol–water partition coefficient (Wildman–Crippen LogP) is 5.31. The summed E-state index contributed by atoms with van der Waals surface area (Å²) in [7, 11) is 0. The minimum Gasteiger partial charge on any atom is -0.348 e. The number of hydrogen-bond donors (Lipinski definition) is 2. The van der Waals surface area contributed by atoms with Gasteiger partial charge in [0.15, 0.2) is 0 Å². The first-order valence-electron chi connectivity index (χ1n) is 10.1. The molecule has 5 nitrogen and oxygen atoms in total. The number of alkyl halides is 3. The van der Waals surface area contributed by atoms with Crippen LogP contribution in [0, 0.1) is 5.82 Å². The highest BCUT2D eigenvalue weighted by atomic mass is 32.1. The average molecular weight is 487 g/mol. The first-order valence-corrected chi connectivity index (χ1v) is 10.9. The number of benzene rings is 2. The van der Waals surface area contributed by atoms with Crippen molar-refractivity contribution < 1.29 is 27.2 Å². The van der Waals surface area contributed by atoms with Crippen LogP contribution < -0.4 is 10.6 Å². The second kappa shape index (κ2) is 9.60. The minimum atomic E-state index is -4.52. The largest absolute Gasteiger partial charge is 0.416 e. The van der Waals surface area contributed by atoms with E-state index >= 15 is 0 Å². The zero-order valence-corrected chi connectivity index (χ0v) is 18.3. The van der Waals surface area contributed by atoms with Crippen LogP contribution in [0.5, 0.6) is 0 Å². The van der Waals surface area contributed by atoms with E-state index in [0.717, 1.165) is 23.6 Å². The van der Waals surface area contributed by atoms with E-state index in [0.29, 0.717) is 20.5 Å². The summed E-state index contributed by atoms with van der Waals surface area (Å²) in [5, 5.41) is 5.53. The molecule has 34 heavy (non-hydrogen) atoms. The Labute approximate surface area is 195 Å². The number of rotatable bonds is 6. The molecule has 0 spiro atoms. The van der Waals surface area contributed by atoms with E-state index in [4.69, 9.17) is 0 Å². The summed E-state index contributed by atoms with van der Waals surface area (Å²) in [5.41, 5.74) is 0.0160. The molecule has 2 aromatic heterocycles. The summed E-state index contributed by atoms with van der Waals surface area (Å²) >= 11 is 1.11.